The van der Waals surface area contributed by atoms with E-state index in [1.54, 1.807) is 0 Å². The topological polar surface area (TPSA) is 30.7 Å². The Labute approximate surface area is 218 Å². The van der Waals surface area contributed by atoms with Crippen LogP contribution in [0.4, 0.5) is 0 Å². The van der Waals surface area contributed by atoms with Crippen LogP contribution in [-0.4, -0.2) is 30.2 Å². The van der Waals surface area contributed by atoms with Gasteiger partial charge in [-0.3, -0.25) is 9.55 Å². The molecule has 7 rings (SSSR count). The Hall–Kier alpha value is -4.37. The molecule has 5 heteroatoms. The number of hydrogen-bond acceptors (Lipinski definition) is 2. The van der Waals surface area contributed by atoms with E-state index in [1.807, 2.05) is 60.9 Å². The first-order valence-electron chi connectivity index (χ1n) is 12.5. The number of aryl methyl sites for hydroxylation is 1. The summed E-state index contributed by atoms with van der Waals surface area (Å²) >= 11 is 0. The molecule has 0 unspecified atom stereocenters. The summed E-state index contributed by atoms with van der Waals surface area (Å²) in [7, 11) is 12.1. The molecule has 0 amide bonds. The first kappa shape index (κ1) is 21.9. The molecular formula is C32H21B2N3. The highest BCUT2D eigenvalue weighted by molar-refractivity contribution is 6.32. The van der Waals surface area contributed by atoms with E-state index in [4.69, 9.17) is 20.7 Å². The van der Waals surface area contributed by atoms with Crippen LogP contribution in [0.5, 0.6) is 0 Å². The number of benzene rings is 4. The van der Waals surface area contributed by atoms with Gasteiger partial charge in [-0.15, -0.1) is 0 Å². The van der Waals surface area contributed by atoms with Crippen molar-refractivity contribution in [1.29, 1.82) is 0 Å². The first-order valence-corrected chi connectivity index (χ1v) is 12.5. The highest BCUT2D eigenvalue weighted by Gasteiger charge is 2.23. The largest absolute Gasteiger partial charge is 0.292 e. The number of nitrogens with zero attached hydrogens (tertiary/aromatic N) is 3. The van der Waals surface area contributed by atoms with Crippen LogP contribution >= 0.6 is 0 Å². The molecule has 6 aromatic rings. The fourth-order valence-corrected chi connectivity index (χ4v) is 5.45. The van der Waals surface area contributed by atoms with Crippen LogP contribution in [0.25, 0.3) is 56.1 Å². The van der Waals surface area contributed by atoms with Crippen LogP contribution < -0.4 is 10.9 Å². The summed E-state index contributed by atoms with van der Waals surface area (Å²) in [6.45, 7) is 0. The predicted molar refractivity (Wildman–Crippen MR) is 155 cm³/mol. The summed E-state index contributed by atoms with van der Waals surface area (Å²) in [4.78, 5) is 9.52. The quantitative estimate of drug-likeness (QED) is 0.323. The molecular weight excluding hydrogens is 448 g/mol. The molecule has 1 aliphatic rings. The fraction of sp³-hybridized carbons (Fsp3) is 0.0625. The molecule has 0 aliphatic heterocycles. The lowest BCUT2D eigenvalue weighted by Gasteiger charge is -2.18. The molecule has 37 heavy (non-hydrogen) atoms. The third kappa shape index (κ3) is 3.62. The van der Waals surface area contributed by atoms with Crippen molar-refractivity contribution < 1.29 is 0 Å². The Balaban J connectivity index is 1.63. The van der Waals surface area contributed by atoms with Crippen LogP contribution in [-0.2, 0) is 6.42 Å². The summed E-state index contributed by atoms with van der Waals surface area (Å²) in [5.74, 6) is 0.878. The van der Waals surface area contributed by atoms with Crippen molar-refractivity contribution in [1.82, 2.24) is 14.5 Å². The second-order valence-corrected chi connectivity index (χ2v) is 9.51. The highest BCUT2D eigenvalue weighted by Crippen LogP contribution is 2.41. The Morgan fingerprint density at radius 1 is 0.703 bits per heavy atom. The lowest BCUT2D eigenvalue weighted by atomic mass is 9.89. The van der Waals surface area contributed by atoms with Gasteiger partial charge in [0.25, 0.3) is 0 Å². The molecule has 0 N–H and O–H groups in total. The number of allylic oxidation sites excluding steroid dienone is 1. The molecule has 0 spiro atoms. The van der Waals surface area contributed by atoms with Crippen molar-refractivity contribution in [3.63, 3.8) is 0 Å². The minimum atomic E-state index is 0.728. The van der Waals surface area contributed by atoms with Crippen molar-refractivity contribution in [2.75, 3.05) is 0 Å². The molecule has 4 aromatic carbocycles. The van der Waals surface area contributed by atoms with Gasteiger partial charge in [-0.05, 0) is 65.3 Å². The maximum Gasteiger partial charge on any atom is 0.145 e. The second-order valence-electron chi connectivity index (χ2n) is 9.51. The van der Waals surface area contributed by atoms with Gasteiger partial charge in [0, 0.05) is 34.6 Å². The number of rotatable bonds is 3. The van der Waals surface area contributed by atoms with E-state index in [0.29, 0.717) is 0 Å². The van der Waals surface area contributed by atoms with E-state index in [-0.39, 0.29) is 0 Å². The number of hydrogen-bond donors (Lipinski definition) is 0. The number of imidazole rings is 1. The number of pyridine rings is 1. The Kier molecular flexibility index (Phi) is 5.10. The normalized spacial score (nSPS) is 12.8. The van der Waals surface area contributed by atoms with Crippen LogP contribution in [0.15, 0.2) is 97.3 Å². The molecule has 1 aliphatic carbocycles. The highest BCUT2D eigenvalue weighted by atomic mass is 15.1. The Morgan fingerprint density at radius 2 is 1.41 bits per heavy atom. The van der Waals surface area contributed by atoms with E-state index < -0.39 is 0 Å². The summed E-state index contributed by atoms with van der Waals surface area (Å²) in [6, 6.07) is 26.8. The van der Waals surface area contributed by atoms with Gasteiger partial charge >= 0.3 is 0 Å². The molecule has 2 aromatic heterocycles. The van der Waals surface area contributed by atoms with Gasteiger partial charge in [0.2, 0.25) is 0 Å². The summed E-state index contributed by atoms with van der Waals surface area (Å²) < 4.78 is 2.27. The lowest BCUT2D eigenvalue weighted by Crippen LogP contribution is -2.06. The van der Waals surface area contributed by atoms with Crippen LogP contribution in [0.2, 0.25) is 0 Å². The average Bonchev–Trinajstić information content (AvgIpc) is 3.35. The molecule has 0 fully saturated rings. The minimum absolute atomic E-state index is 0.728. The molecule has 170 valence electrons. The summed E-state index contributed by atoms with van der Waals surface area (Å²) in [5.41, 5.74) is 10.5. The minimum Gasteiger partial charge on any atom is -0.292 e. The molecule has 3 nitrogen and oxygen atoms in total. The Morgan fingerprint density at radius 3 is 2.16 bits per heavy atom. The zero-order chi connectivity index (χ0) is 24.9. The predicted octanol–water partition coefficient (Wildman–Crippen LogP) is 5.45. The van der Waals surface area contributed by atoms with Gasteiger partial charge in [0.1, 0.15) is 21.5 Å². The summed E-state index contributed by atoms with van der Waals surface area (Å²) in [6.07, 6.45) is 10.2. The SMILES string of the molecule is [B]c1ccc(-c2nc3c4cc(-c5ccncc5)ccc4c4c(c3n2-c2ccc([B])cc2)C=CCC4)cc1. The number of aromatic nitrogens is 3. The fourth-order valence-electron chi connectivity index (χ4n) is 5.45. The van der Waals surface area contributed by atoms with Crippen LogP contribution in [0.1, 0.15) is 17.5 Å². The molecule has 0 saturated carbocycles. The standard InChI is InChI=1S/C32H21B2N3/c33-23-8-5-21(6-9-23)32-36-30-29-19-22(20-15-17-35-18-16-20)7-14-27(29)26-3-1-2-4-28(26)31(30)37(32)25-12-10-24(34)11-13-25/h2,4-19H,1,3H2. The first-order chi connectivity index (χ1) is 18.2. The average molecular weight is 469 g/mol. The van der Waals surface area contributed by atoms with Gasteiger partial charge in [-0.25, -0.2) is 4.98 Å². The van der Waals surface area contributed by atoms with E-state index in [9.17, 15) is 0 Å². The van der Waals surface area contributed by atoms with Crippen LogP contribution in [0.3, 0.4) is 0 Å². The molecule has 4 radical (unpaired) electrons. The van der Waals surface area contributed by atoms with E-state index in [2.05, 4.69) is 52.0 Å². The molecule has 0 saturated heterocycles. The maximum atomic E-state index is 6.06. The van der Waals surface area contributed by atoms with Gasteiger partial charge in [0.15, 0.2) is 0 Å². The molecule has 0 bridgehead atoms. The van der Waals surface area contributed by atoms with Crippen molar-refractivity contribution in [3.8, 4) is 28.2 Å². The van der Waals surface area contributed by atoms with E-state index >= 15 is 0 Å². The smallest absolute Gasteiger partial charge is 0.145 e. The third-order valence-electron chi connectivity index (χ3n) is 7.24. The molecule has 0 atom stereocenters. The second kappa shape index (κ2) is 8.63. The van der Waals surface area contributed by atoms with Crippen LogP contribution in [0, 0.1) is 0 Å². The van der Waals surface area contributed by atoms with Gasteiger partial charge in [-0.2, -0.15) is 0 Å². The number of fused-ring (bicyclic) bond motifs is 6. The zero-order valence-electron chi connectivity index (χ0n) is 20.2. The van der Waals surface area contributed by atoms with E-state index in [0.717, 1.165) is 68.4 Å². The van der Waals surface area contributed by atoms with Crippen molar-refractivity contribution in [3.05, 3.63) is 108 Å². The zero-order valence-corrected chi connectivity index (χ0v) is 20.2. The monoisotopic (exact) mass is 469 g/mol. The lowest BCUT2D eigenvalue weighted by molar-refractivity contribution is 0.996. The molecule has 2 heterocycles. The maximum absolute atomic E-state index is 6.06. The third-order valence-corrected chi connectivity index (χ3v) is 7.24. The van der Waals surface area contributed by atoms with Gasteiger partial charge in [-0.1, -0.05) is 71.6 Å². The Bertz CT molecular complexity index is 1820. The van der Waals surface area contributed by atoms with Gasteiger partial charge < -0.3 is 0 Å². The summed E-state index contributed by atoms with van der Waals surface area (Å²) in [5, 5.41) is 2.42. The van der Waals surface area contributed by atoms with Crippen molar-refractivity contribution >= 4 is 54.5 Å². The van der Waals surface area contributed by atoms with Gasteiger partial charge in [0.05, 0.1) is 11.0 Å². The van der Waals surface area contributed by atoms with Crippen molar-refractivity contribution in [2.45, 2.75) is 12.8 Å². The van der Waals surface area contributed by atoms with E-state index in [1.165, 1.54) is 16.5 Å². The van der Waals surface area contributed by atoms with Crippen molar-refractivity contribution in [2.24, 2.45) is 0 Å².